The van der Waals surface area contributed by atoms with Gasteiger partial charge in [-0.1, -0.05) is 33.1 Å². The van der Waals surface area contributed by atoms with E-state index in [4.69, 9.17) is 0 Å². The van der Waals surface area contributed by atoms with E-state index in [1.165, 1.54) is 31.2 Å². The number of hydrogen-bond acceptors (Lipinski definition) is 0. The van der Waals surface area contributed by atoms with Gasteiger partial charge in [-0.15, -0.1) is 0 Å². The van der Waals surface area contributed by atoms with Crippen molar-refractivity contribution in [1.82, 2.24) is 0 Å². The number of aryl methyl sites for hydroxylation is 1. The first-order chi connectivity index (χ1) is 7.22. The molecule has 0 bridgehead atoms. The van der Waals surface area contributed by atoms with E-state index in [9.17, 15) is 0 Å². The predicted octanol–water partition coefficient (Wildman–Crippen LogP) is 0.503. The Balaban J connectivity index is 0.00000225. The number of nitrogens with zero attached hydrogens (tertiary/aromatic N) is 1. The van der Waals surface area contributed by atoms with Gasteiger partial charge in [-0.05, 0) is 19.4 Å². The Kier molecular flexibility index (Phi) is 8.54. The van der Waals surface area contributed by atoms with Gasteiger partial charge in [0.2, 0.25) is 0 Å². The second-order valence-electron chi connectivity index (χ2n) is 4.68. The molecule has 0 N–H and O–H groups in total. The molecule has 1 atom stereocenters. The van der Waals surface area contributed by atoms with Crippen LogP contribution in [0.4, 0.5) is 0 Å². The van der Waals surface area contributed by atoms with Crippen LogP contribution in [0.2, 0.25) is 0 Å². The zero-order valence-electron chi connectivity index (χ0n) is 10.7. The Morgan fingerprint density at radius 1 is 1.31 bits per heavy atom. The molecule has 1 aromatic rings. The number of hydrogen-bond donors (Lipinski definition) is 0. The van der Waals surface area contributed by atoms with Gasteiger partial charge in [-0.25, -0.2) is 4.57 Å². The van der Waals surface area contributed by atoms with Crippen LogP contribution in [0.15, 0.2) is 24.5 Å². The molecule has 0 saturated carbocycles. The maximum Gasteiger partial charge on any atom is 0.171 e. The van der Waals surface area contributed by atoms with Crippen LogP contribution in [0.25, 0.3) is 0 Å². The average Bonchev–Trinajstić information content (AvgIpc) is 2.18. The predicted molar refractivity (Wildman–Crippen MR) is 64.7 cm³/mol. The quantitative estimate of drug-likeness (QED) is 0.530. The Morgan fingerprint density at radius 2 is 2.06 bits per heavy atom. The highest BCUT2D eigenvalue weighted by molar-refractivity contribution is 5.01. The summed E-state index contributed by atoms with van der Waals surface area (Å²) in [5.74, 6) is 0.795. The van der Waals surface area contributed by atoms with E-state index in [1.54, 1.807) is 0 Å². The van der Waals surface area contributed by atoms with Crippen molar-refractivity contribution in [1.29, 1.82) is 0 Å². The van der Waals surface area contributed by atoms with Crippen LogP contribution >= 0.6 is 0 Å². The lowest BCUT2D eigenvalue weighted by atomic mass is 10.0. The first kappa shape index (κ1) is 15.6. The first-order valence-corrected chi connectivity index (χ1v) is 6.18. The Morgan fingerprint density at radius 3 is 2.69 bits per heavy atom. The Labute approximate surface area is 111 Å². The molecule has 1 unspecified atom stereocenters. The highest BCUT2D eigenvalue weighted by atomic mass is 79.9. The summed E-state index contributed by atoms with van der Waals surface area (Å²) in [7, 11) is 0. The van der Waals surface area contributed by atoms with Gasteiger partial charge in [0.05, 0.1) is 0 Å². The number of halogens is 1. The summed E-state index contributed by atoms with van der Waals surface area (Å²) in [6, 6.07) is 4.28. The molecule has 1 nitrogen and oxygen atoms in total. The lowest BCUT2D eigenvalue weighted by Gasteiger charge is -2.07. The Bertz CT molecular complexity index is 286. The second-order valence-corrected chi connectivity index (χ2v) is 4.68. The minimum atomic E-state index is 0. The van der Waals surface area contributed by atoms with Crippen molar-refractivity contribution >= 4 is 0 Å². The standard InChI is InChI=1S/C14H24N.BrH/c1-4-5-6-8-13(2)11-15-10-7-9-14(3)12-15;/h7,9-10,12-13H,4-6,8,11H2,1-3H3;1H/q+1;/p-1. The zero-order chi connectivity index (χ0) is 11.1. The fourth-order valence-corrected chi connectivity index (χ4v) is 1.96. The minimum Gasteiger partial charge on any atom is -1.00 e. The molecule has 0 fully saturated rings. The summed E-state index contributed by atoms with van der Waals surface area (Å²) in [5.41, 5.74) is 1.35. The van der Waals surface area contributed by atoms with Crippen molar-refractivity contribution in [3.8, 4) is 0 Å². The van der Waals surface area contributed by atoms with Crippen molar-refractivity contribution in [3.63, 3.8) is 0 Å². The molecular weight excluding hydrogens is 262 g/mol. The zero-order valence-corrected chi connectivity index (χ0v) is 12.3. The molecule has 92 valence electrons. The molecule has 0 aromatic carbocycles. The average molecular weight is 286 g/mol. The van der Waals surface area contributed by atoms with Crippen LogP contribution in [0.1, 0.15) is 45.1 Å². The van der Waals surface area contributed by atoms with Gasteiger partial charge in [0.1, 0.15) is 0 Å². The number of pyridine rings is 1. The summed E-state index contributed by atoms with van der Waals surface area (Å²) >= 11 is 0. The highest BCUT2D eigenvalue weighted by Gasteiger charge is 2.08. The van der Waals surface area contributed by atoms with Crippen LogP contribution < -0.4 is 21.5 Å². The van der Waals surface area contributed by atoms with Crippen LogP contribution in [0.3, 0.4) is 0 Å². The van der Waals surface area contributed by atoms with Gasteiger partial charge in [0, 0.05) is 17.5 Å². The smallest absolute Gasteiger partial charge is 0.171 e. The van der Waals surface area contributed by atoms with Crippen molar-refractivity contribution in [2.45, 2.75) is 53.0 Å². The van der Waals surface area contributed by atoms with Gasteiger partial charge < -0.3 is 17.0 Å². The van der Waals surface area contributed by atoms with Crippen molar-refractivity contribution in [2.75, 3.05) is 0 Å². The van der Waals surface area contributed by atoms with Crippen LogP contribution in [-0.4, -0.2) is 0 Å². The summed E-state index contributed by atoms with van der Waals surface area (Å²) in [5, 5.41) is 0. The third-order valence-electron chi connectivity index (χ3n) is 2.83. The lowest BCUT2D eigenvalue weighted by Crippen LogP contribution is -3.00. The van der Waals surface area contributed by atoms with Gasteiger partial charge in [-0.2, -0.15) is 0 Å². The maximum absolute atomic E-state index is 2.35. The molecule has 16 heavy (non-hydrogen) atoms. The summed E-state index contributed by atoms with van der Waals surface area (Å²) < 4.78 is 2.31. The third-order valence-corrected chi connectivity index (χ3v) is 2.83. The molecule has 0 aliphatic rings. The molecule has 0 aliphatic heterocycles. The van der Waals surface area contributed by atoms with Crippen LogP contribution in [0, 0.1) is 12.8 Å². The maximum atomic E-state index is 2.35. The fraction of sp³-hybridized carbons (Fsp3) is 0.643. The number of rotatable bonds is 6. The minimum absolute atomic E-state index is 0. The van der Waals surface area contributed by atoms with E-state index in [2.05, 4.69) is 49.9 Å². The summed E-state index contributed by atoms with van der Waals surface area (Å²) in [6.07, 6.45) is 9.84. The van der Waals surface area contributed by atoms with E-state index in [1.807, 2.05) is 0 Å². The van der Waals surface area contributed by atoms with E-state index < -0.39 is 0 Å². The van der Waals surface area contributed by atoms with E-state index in [0.29, 0.717) is 0 Å². The first-order valence-electron chi connectivity index (χ1n) is 6.18. The van der Waals surface area contributed by atoms with Crippen molar-refractivity contribution < 1.29 is 21.5 Å². The topological polar surface area (TPSA) is 3.88 Å². The highest BCUT2D eigenvalue weighted by Crippen LogP contribution is 2.09. The Hall–Kier alpha value is -0.370. The number of aromatic nitrogens is 1. The molecule has 1 rings (SSSR count). The van der Waals surface area contributed by atoms with Crippen molar-refractivity contribution in [2.24, 2.45) is 5.92 Å². The SMILES string of the molecule is CCCCCC(C)C[n+]1cccc(C)c1.[Br-]. The molecule has 1 heterocycles. The van der Waals surface area contributed by atoms with E-state index in [0.717, 1.165) is 12.5 Å². The van der Waals surface area contributed by atoms with Gasteiger partial charge in [0.25, 0.3) is 0 Å². The lowest BCUT2D eigenvalue weighted by molar-refractivity contribution is -0.703. The monoisotopic (exact) mass is 285 g/mol. The van der Waals surface area contributed by atoms with Gasteiger partial charge in [-0.3, -0.25) is 0 Å². The molecule has 0 aliphatic carbocycles. The van der Waals surface area contributed by atoms with Gasteiger partial charge >= 0.3 is 0 Å². The van der Waals surface area contributed by atoms with E-state index in [-0.39, 0.29) is 17.0 Å². The normalized spacial score (nSPS) is 11.9. The number of unbranched alkanes of at least 4 members (excludes halogenated alkanes) is 2. The third kappa shape index (κ3) is 6.26. The summed E-state index contributed by atoms with van der Waals surface area (Å²) in [6.45, 7) is 7.93. The van der Waals surface area contributed by atoms with E-state index >= 15 is 0 Å². The molecule has 0 radical (unpaired) electrons. The molecule has 1 aromatic heterocycles. The van der Waals surface area contributed by atoms with Crippen LogP contribution in [0.5, 0.6) is 0 Å². The summed E-state index contributed by atoms with van der Waals surface area (Å²) in [4.78, 5) is 0. The molecule has 0 spiro atoms. The molecule has 0 saturated heterocycles. The largest absolute Gasteiger partial charge is 1.00 e. The van der Waals surface area contributed by atoms with Gasteiger partial charge in [0.15, 0.2) is 18.9 Å². The van der Waals surface area contributed by atoms with Crippen molar-refractivity contribution in [3.05, 3.63) is 30.1 Å². The van der Waals surface area contributed by atoms with Crippen LogP contribution in [-0.2, 0) is 6.54 Å². The fourth-order valence-electron chi connectivity index (χ4n) is 1.96. The molecule has 2 heteroatoms. The molecule has 0 amide bonds. The molecular formula is C14H24BrN. The second kappa shape index (κ2) is 8.74.